The first-order chi connectivity index (χ1) is 10.5. The molecule has 0 fully saturated rings. The Morgan fingerprint density at radius 2 is 2.05 bits per heavy atom. The van der Waals surface area contributed by atoms with Crippen molar-refractivity contribution in [3.05, 3.63) is 58.6 Å². The summed E-state index contributed by atoms with van der Waals surface area (Å²) in [4.78, 5) is 24.0. The lowest BCUT2D eigenvalue weighted by atomic mass is 10.2. The van der Waals surface area contributed by atoms with Crippen molar-refractivity contribution in [2.75, 3.05) is 11.1 Å². The minimum Gasteiger partial charge on any atom is -0.408 e. The number of benzene rings is 2. The summed E-state index contributed by atoms with van der Waals surface area (Å²) >= 11 is 0. The maximum Gasteiger partial charge on any atom is 0.420 e. The maximum absolute atomic E-state index is 12.2. The van der Waals surface area contributed by atoms with Crippen molar-refractivity contribution >= 4 is 28.4 Å². The summed E-state index contributed by atoms with van der Waals surface area (Å²) in [5.74, 6) is -0.855. The zero-order chi connectivity index (χ0) is 15.7. The average Bonchev–Trinajstić information content (AvgIpc) is 2.78. The second kappa shape index (κ2) is 5.40. The number of aromatic nitrogens is 1. The van der Waals surface area contributed by atoms with E-state index in [-0.39, 0.29) is 12.5 Å². The number of nitrogens with one attached hydrogen (secondary N) is 1. The molecule has 0 bridgehead atoms. The van der Waals surface area contributed by atoms with Crippen LogP contribution in [0, 0.1) is 6.92 Å². The van der Waals surface area contributed by atoms with E-state index >= 15 is 0 Å². The van der Waals surface area contributed by atoms with Gasteiger partial charge >= 0.3 is 5.76 Å². The predicted molar refractivity (Wildman–Crippen MR) is 84.7 cm³/mol. The molecular weight excluding hydrogens is 282 g/mol. The van der Waals surface area contributed by atoms with Gasteiger partial charge in [-0.25, -0.2) is 4.79 Å². The number of oxazole rings is 1. The van der Waals surface area contributed by atoms with E-state index in [4.69, 9.17) is 10.2 Å². The van der Waals surface area contributed by atoms with Gasteiger partial charge in [0.2, 0.25) is 5.91 Å². The van der Waals surface area contributed by atoms with E-state index in [2.05, 4.69) is 5.32 Å². The van der Waals surface area contributed by atoms with Crippen molar-refractivity contribution in [3.63, 3.8) is 0 Å². The van der Waals surface area contributed by atoms with Gasteiger partial charge in [-0.15, -0.1) is 0 Å². The van der Waals surface area contributed by atoms with Crippen LogP contribution in [0.25, 0.3) is 11.1 Å². The second-order valence-corrected chi connectivity index (χ2v) is 5.04. The lowest BCUT2D eigenvalue weighted by Crippen LogP contribution is -2.25. The molecule has 6 nitrogen and oxygen atoms in total. The number of aryl methyl sites for hydroxylation is 1. The number of carbonyl (C=O) groups is 1. The molecule has 1 amide bonds. The molecule has 0 radical (unpaired) electrons. The zero-order valence-electron chi connectivity index (χ0n) is 12.0. The molecular formula is C16H15N3O3. The molecule has 22 heavy (non-hydrogen) atoms. The van der Waals surface area contributed by atoms with E-state index in [0.29, 0.717) is 22.5 Å². The van der Waals surface area contributed by atoms with Crippen LogP contribution in [0.4, 0.5) is 11.4 Å². The Bertz CT molecular complexity index is 908. The first-order valence-corrected chi connectivity index (χ1v) is 6.79. The van der Waals surface area contributed by atoms with Crippen LogP contribution in [-0.2, 0) is 11.3 Å². The molecule has 2 aromatic carbocycles. The molecule has 0 aliphatic heterocycles. The van der Waals surface area contributed by atoms with E-state index in [1.807, 2.05) is 6.92 Å². The lowest BCUT2D eigenvalue weighted by Gasteiger charge is -2.09. The summed E-state index contributed by atoms with van der Waals surface area (Å²) in [6, 6.07) is 12.2. The molecule has 0 aliphatic carbocycles. The van der Waals surface area contributed by atoms with Gasteiger partial charge in [0.05, 0.1) is 5.52 Å². The van der Waals surface area contributed by atoms with E-state index in [9.17, 15) is 9.59 Å². The Labute approximate surface area is 126 Å². The molecule has 3 aromatic rings. The molecule has 3 rings (SSSR count). The van der Waals surface area contributed by atoms with Crippen LogP contribution < -0.4 is 16.8 Å². The van der Waals surface area contributed by atoms with Gasteiger partial charge in [-0.05, 0) is 42.8 Å². The number of hydrogen-bond donors (Lipinski definition) is 2. The van der Waals surface area contributed by atoms with Crippen LogP contribution in [0.2, 0.25) is 0 Å². The zero-order valence-corrected chi connectivity index (χ0v) is 12.0. The standard InChI is InChI=1S/C16H15N3O3/c1-10-8-11(17)6-7-12(10)18-15(20)9-19-13-4-2-3-5-14(13)22-16(19)21/h2-8H,9,17H2,1H3,(H,18,20). The summed E-state index contributed by atoms with van der Waals surface area (Å²) < 4.78 is 6.40. The van der Waals surface area contributed by atoms with Gasteiger partial charge in [0.25, 0.3) is 0 Å². The minimum absolute atomic E-state index is 0.111. The van der Waals surface area contributed by atoms with Crippen LogP contribution in [0.15, 0.2) is 51.7 Å². The van der Waals surface area contributed by atoms with Gasteiger partial charge < -0.3 is 15.5 Å². The van der Waals surface area contributed by atoms with Crippen molar-refractivity contribution in [1.29, 1.82) is 0 Å². The summed E-state index contributed by atoms with van der Waals surface area (Å²) in [5.41, 5.74) is 8.89. The Kier molecular flexibility index (Phi) is 3.42. The molecule has 3 N–H and O–H groups in total. The highest BCUT2D eigenvalue weighted by molar-refractivity contribution is 5.92. The molecule has 0 aliphatic rings. The Hall–Kier alpha value is -3.02. The maximum atomic E-state index is 12.2. The summed E-state index contributed by atoms with van der Waals surface area (Å²) in [5, 5.41) is 2.77. The molecule has 0 spiro atoms. The first-order valence-electron chi connectivity index (χ1n) is 6.79. The molecule has 1 aromatic heterocycles. The number of nitrogens with two attached hydrogens (primary N) is 1. The molecule has 112 valence electrons. The summed E-state index contributed by atoms with van der Waals surface area (Å²) in [6.07, 6.45) is 0. The largest absolute Gasteiger partial charge is 0.420 e. The van der Waals surface area contributed by atoms with Gasteiger partial charge in [-0.1, -0.05) is 12.1 Å². The predicted octanol–water partition coefficient (Wildman–Crippen LogP) is 2.12. The Balaban J connectivity index is 1.84. The number of amides is 1. The Morgan fingerprint density at radius 3 is 2.82 bits per heavy atom. The van der Waals surface area contributed by atoms with Crippen molar-refractivity contribution in [2.45, 2.75) is 13.5 Å². The highest BCUT2D eigenvalue weighted by Gasteiger charge is 2.13. The number of hydrogen-bond acceptors (Lipinski definition) is 4. The molecule has 0 unspecified atom stereocenters. The fourth-order valence-corrected chi connectivity index (χ4v) is 2.32. The number of anilines is 2. The molecule has 0 saturated heterocycles. The van der Waals surface area contributed by atoms with Crippen LogP contribution >= 0.6 is 0 Å². The molecule has 0 saturated carbocycles. The van der Waals surface area contributed by atoms with E-state index < -0.39 is 5.76 Å². The topological polar surface area (TPSA) is 90.3 Å². The number of nitrogen functional groups attached to an aromatic ring is 1. The summed E-state index contributed by atoms with van der Waals surface area (Å²) in [7, 11) is 0. The monoisotopic (exact) mass is 297 g/mol. The molecule has 0 atom stereocenters. The fraction of sp³-hybridized carbons (Fsp3) is 0.125. The number of nitrogens with zero attached hydrogens (tertiary/aromatic N) is 1. The molecule has 6 heteroatoms. The smallest absolute Gasteiger partial charge is 0.408 e. The van der Waals surface area contributed by atoms with E-state index in [1.165, 1.54) is 4.57 Å². The number of carbonyl (C=O) groups excluding carboxylic acids is 1. The lowest BCUT2D eigenvalue weighted by molar-refractivity contribution is -0.116. The van der Waals surface area contributed by atoms with Crippen LogP contribution in [0.1, 0.15) is 5.56 Å². The van der Waals surface area contributed by atoms with Gasteiger partial charge in [0.15, 0.2) is 5.58 Å². The highest BCUT2D eigenvalue weighted by Crippen LogP contribution is 2.18. The van der Waals surface area contributed by atoms with Crippen molar-refractivity contribution in [1.82, 2.24) is 4.57 Å². The third-order valence-corrected chi connectivity index (χ3v) is 3.40. The van der Waals surface area contributed by atoms with Crippen LogP contribution in [0.3, 0.4) is 0 Å². The van der Waals surface area contributed by atoms with E-state index in [1.54, 1.807) is 42.5 Å². The van der Waals surface area contributed by atoms with Gasteiger partial charge in [-0.2, -0.15) is 0 Å². The first kappa shape index (κ1) is 13.9. The number of para-hydroxylation sites is 2. The second-order valence-electron chi connectivity index (χ2n) is 5.04. The normalized spacial score (nSPS) is 10.8. The van der Waals surface area contributed by atoms with Crippen LogP contribution in [0.5, 0.6) is 0 Å². The van der Waals surface area contributed by atoms with Gasteiger partial charge in [0.1, 0.15) is 6.54 Å². The van der Waals surface area contributed by atoms with E-state index in [0.717, 1.165) is 5.56 Å². The van der Waals surface area contributed by atoms with Gasteiger partial charge in [-0.3, -0.25) is 9.36 Å². The molecule has 1 heterocycles. The number of fused-ring (bicyclic) bond motifs is 1. The average molecular weight is 297 g/mol. The quantitative estimate of drug-likeness (QED) is 0.725. The Morgan fingerprint density at radius 1 is 1.27 bits per heavy atom. The fourth-order valence-electron chi connectivity index (χ4n) is 2.32. The minimum atomic E-state index is -0.551. The highest BCUT2D eigenvalue weighted by atomic mass is 16.4. The van der Waals surface area contributed by atoms with Gasteiger partial charge in [0, 0.05) is 11.4 Å². The SMILES string of the molecule is Cc1cc(N)ccc1NC(=O)Cn1c(=O)oc2ccccc21. The third kappa shape index (κ3) is 2.58. The van der Waals surface area contributed by atoms with Crippen molar-refractivity contribution in [2.24, 2.45) is 0 Å². The number of rotatable bonds is 3. The third-order valence-electron chi connectivity index (χ3n) is 3.40. The van der Waals surface area contributed by atoms with Crippen molar-refractivity contribution in [3.8, 4) is 0 Å². The van der Waals surface area contributed by atoms with Crippen LogP contribution in [-0.4, -0.2) is 10.5 Å². The summed E-state index contributed by atoms with van der Waals surface area (Å²) in [6.45, 7) is 1.74. The van der Waals surface area contributed by atoms with Crippen molar-refractivity contribution < 1.29 is 9.21 Å².